The maximum atomic E-state index is 5.79. The van der Waals surface area contributed by atoms with Crippen molar-refractivity contribution in [2.75, 3.05) is 11.1 Å². The van der Waals surface area contributed by atoms with Gasteiger partial charge in [-0.05, 0) is 48.6 Å². The smallest absolute Gasteiger partial charge is 0.130 e. The molecular formula is C16H21N3. The number of aromatic nitrogens is 1. The molecule has 0 unspecified atom stereocenters. The maximum Gasteiger partial charge on any atom is 0.130 e. The molecule has 0 aliphatic heterocycles. The van der Waals surface area contributed by atoms with Gasteiger partial charge in [0.05, 0.1) is 11.9 Å². The van der Waals surface area contributed by atoms with Gasteiger partial charge >= 0.3 is 0 Å². The molecule has 0 spiro atoms. The van der Waals surface area contributed by atoms with Crippen LogP contribution in [-0.2, 0) is 0 Å². The van der Waals surface area contributed by atoms with E-state index in [9.17, 15) is 0 Å². The second kappa shape index (κ2) is 5.31. The van der Waals surface area contributed by atoms with E-state index in [4.69, 9.17) is 5.73 Å². The number of rotatable bonds is 3. The lowest BCUT2D eigenvalue weighted by molar-refractivity contribution is 0.866. The quantitative estimate of drug-likeness (QED) is 0.866. The van der Waals surface area contributed by atoms with Crippen LogP contribution in [0.15, 0.2) is 30.5 Å². The highest BCUT2D eigenvalue weighted by Gasteiger charge is 2.05. The molecule has 100 valence electrons. The van der Waals surface area contributed by atoms with Crippen molar-refractivity contribution in [3.05, 3.63) is 47.2 Å². The van der Waals surface area contributed by atoms with Gasteiger partial charge < -0.3 is 11.1 Å². The highest BCUT2D eigenvalue weighted by Crippen LogP contribution is 2.25. The van der Waals surface area contributed by atoms with Crippen LogP contribution in [-0.4, -0.2) is 4.98 Å². The van der Waals surface area contributed by atoms with Crippen LogP contribution in [0.2, 0.25) is 0 Å². The van der Waals surface area contributed by atoms with Crippen LogP contribution in [0.4, 0.5) is 17.2 Å². The van der Waals surface area contributed by atoms with E-state index in [1.807, 2.05) is 13.0 Å². The molecule has 2 aromatic rings. The van der Waals surface area contributed by atoms with Crippen molar-refractivity contribution in [1.29, 1.82) is 0 Å². The Morgan fingerprint density at radius 2 is 1.84 bits per heavy atom. The number of hydrogen-bond donors (Lipinski definition) is 2. The third kappa shape index (κ3) is 3.05. The first-order chi connectivity index (χ1) is 8.97. The van der Waals surface area contributed by atoms with Gasteiger partial charge in [-0.2, -0.15) is 0 Å². The first kappa shape index (κ1) is 13.4. The number of aryl methyl sites for hydroxylation is 2. The average molecular weight is 255 g/mol. The zero-order valence-electron chi connectivity index (χ0n) is 12.0. The van der Waals surface area contributed by atoms with Gasteiger partial charge in [0.2, 0.25) is 0 Å². The predicted octanol–water partition coefficient (Wildman–Crippen LogP) is 4.15. The Kier molecular flexibility index (Phi) is 3.74. The summed E-state index contributed by atoms with van der Waals surface area (Å²) in [5.74, 6) is 1.35. The van der Waals surface area contributed by atoms with Crippen LogP contribution >= 0.6 is 0 Å². The lowest BCUT2D eigenvalue weighted by Crippen LogP contribution is -2.00. The minimum absolute atomic E-state index is 0.516. The molecule has 0 saturated carbocycles. The summed E-state index contributed by atoms with van der Waals surface area (Å²) < 4.78 is 0. The van der Waals surface area contributed by atoms with E-state index in [0.29, 0.717) is 5.92 Å². The molecule has 0 atom stereocenters. The molecule has 0 saturated heterocycles. The van der Waals surface area contributed by atoms with E-state index >= 15 is 0 Å². The minimum Gasteiger partial charge on any atom is -0.397 e. The van der Waals surface area contributed by atoms with Crippen LogP contribution in [0.1, 0.15) is 36.5 Å². The molecule has 1 aromatic carbocycles. The Hall–Kier alpha value is -2.03. The van der Waals surface area contributed by atoms with E-state index in [-0.39, 0.29) is 0 Å². The largest absolute Gasteiger partial charge is 0.397 e. The summed E-state index contributed by atoms with van der Waals surface area (Å²) in [6.07, 6.45) is 1.69. The van der Waals surface area contributed by atoms with Crippen molar-refractivity contribution in [3.63, 3.8) is 0 Å². The Morgan fingerprint density at radius 3 is 2.47 bits per heavy atom. The molecule has 0 amide bonds. The van der Waals surface area contributed by atoms with Crippen LogP contribution in [0, 0.1) is 13.8 Å². The Bertz CT molecular complexity index is 589. The van der Waals surface area contributed by atoms with Crippen molar-refractivity contribution >= 4 is 17.2 Å². The molecule has 0 aliphatic carbocycles. The topological polar surface area (TPSA) is 50.9 Å². The summed E-state index contributed by atoms with van der Waals surface area (Å²) in [6.45, 7) is 8.47. The molecule has 3 N–H and O–H groups in total. The molecule has 2 rings (SSSR count). The SMILES string of the molecule is Cc1cc(Nc2cc(C(C)C)ccc2C)ncc1N. The fourth-order valence-corrected chi connectivity index (χ4v) is 1.91. The molecule has 0 radical (unpaired) electrons. The first-order valence-corrected chi connectivity index (χ1v) is 6.57. The summed E-state index contributed by atoms with van der Waals surface area (Å²) in [5.41, 5.74) is 11.2. The van der Waals surface area contributed by atoms with Crippen LogP contribution in [0.25, 0.3) is 0 Å². The van der Waals surface area contributed by atoms with Gasteiger partial charge in [0, 0.05) is 5.69 Å². The van der Waals surface area contributed by atoms with E-state index in [0.717, 1.165) is 22.8 Å². The standard InChI is InChI=1S/C16H21N3/c1-10(2)13-6-5-11(3)15(8-13)19-16-7-12(4)14(17)9-18-16/h5-10H,17H2,1-4H3,(H,18,19). The first-order valence-electron chi connectivity index (χ1n) is 6.57. The van der Waals surface area contributed by atoms with Crippen molar-refractivity contribution in [2.45, 2.75) is 33.6 Å². The summed E-state index contributed by atoms with van der Waals surface area (Å²) in [5, 5.41) is 3.37. The van der Waals surface area contributed by atoms with Gasteiger partial charge in [-0.3, -0.25) is 0 Å². The number of nitrogens with zero attached hydrogens (tertiary/aromatic N) is 1. The summed E-state index contributed by atoms with van der Waals surface area (Å²) in [7, 11) is 0. The van der Waals surface area contributed by atoms with E-state index < -0.39 is 0 Å². The third-order valence-electron chi connectivity index (χ3n) is 3.34. The van der Waals surface area contributed by atoms with Crippen LogP contribution < -0.4 is 11.1 Å². The highest BCUT2D eigenvalue weighted by molar-refractivity contribution is 5.63. The van der Waals surface area contributed by atoms with Crippen molar-refractivity contribution in [3.8, 4) is 0 Å². The Balaban J connectivity index is 2.31. The summed E-state index contributed by atoms with van der Waals surface area (Å²) in [4.78, 5) is 4.31. The molecule has 19 heavy (non-hydrogen) atoms. The number of pyridine rings is 1. The van der Waals surface area contributed by atoms with Gasteiger partial charge in [-0.25, -0.2) is 4.98 Å². The molecular weight excluding hydrogens is 234 g/mol. The second-order valence-corrected chi connectivity index (χ2v) is 5.28. The highest BCUT2D eigenvalue weighted by atomic mass is 15.0. The summed E-state index contributed by atoms with van der Waals surface area (Å²) in [6, 6.07) is 8.47. The van der Waals surface area contributed by atoms with Gasteiger partial charge in [-0.15, -0.1) is 0 Å². The minimum atomic E-state index is 0.516. The molecule has 1 aromatic heterocycles. The number of benzene rings is 1. The van der Waals surface area contributed by atoms with E-state index in [1.54, 1.807) is 6.20 Å². The number of nitrogens with one attached hydrogen (secondary N) is 1. The average Bonchev–Trinajstić information content (AvgIpc) is 2.36. The van der Waals surface area contributed by atoms with Gasteiger partial charge in [-0.1, -0.05) is 26.0 Å². The van der Waals surface area contributed by atoms with Gasteiger partial charge in [0.15, 0.2) is 0 Å². The molecule has 1 heterocycles. The number of nitrogen functional groups attached to an aromatic ring is 1. The van der Waals surface area contributed by atoms with E-state index in [2.05, 4.69) is 49.3 Å². The maximum absolute atomic E-state index is 5.79. The van der Waals surface area contributed by atoms with Gasteiger partial charge in [0.1, 0.15) is 5.82 Å². The van der Waals surface area contributed by atoms with Crippen molar-refractivity contribution in [1.82, 2.24) is 4.98 Å². The lowest BCUT2D eigenvalue weighted by Gasteiger charge is -2.13. The molecule has 3 nitrogen and oxygen atoms in total. The van der Waals surface area contributed by atoms with Crippen molar-refractivity contribution in [2.24, 2.45) is 0 Å². The fraction of sp³-hybridized carbons (Fsp3) is 0.312. The number of anilines is 3. The Morgan fingerprint density at radius 1 is 1.11 bits per heavy atom. The predicted molar refractivity (Wildman–Crippen MR) is 81.9 cm³/mol. The lowest BCUT2D eigenvalue weighted by atomic mass is 10.0. The molecule has 3 heteroatoms. The van der Waals surface area contributed by atoms with E-state index in [1.165, 1.54) is 11.1 Å². The van der Waals surface area contributed by atoms with Gasteiger partial charge in [0.25, 0.3) is 0 Å². The number of hydrogen-bond acceptors (Lipinski definition) is 3. The van der Waals surface area contributed by atoms with Crippen molar-refractivity contribution < 1.29 is 0 Å². The second-order valence-electron chi connectivity index (χ2n) is 5.28. The third-order valence-corrected chi connectivity index (χ3v) is 3.34. The normalized spacial score (nSPS) is 10.8. The summed E-state index contributed by atoms with van der Waals surface area (Å²) >= 11 is 0. The fourth-order valence-electron chi connectivity index (χ4n) is 1.91. The molecule has 0 fully saturated rings. The Labute approximate surface area is 114 Å². The monoisotopic (exact) mass is 255 g/mol. The molecule has 0 bridgehead atoms. The number of nitrogens with two attached hydrogens (primary N) is 1. The van der Waals surface area contributed by atoms with Crippen LogP contribution in [0.3, 0.4) is 0 Å². The molecule has 0 aliphatic rings. The zero-order valence-corrected chi connectivity index (χ0v) is 12.0. The zero-order chi connectivity index (χ0) is 14.0. The van der Waals surface area contributed by atoms with Crippen LogP contribution in [0.5, 0.6) is 0 Å².